The van der Waals surface area contributed by atoms with Crippen molar-refractivity contribution in [3.8, 4) is 11.5 Å². The van der Waals surface area contributed by atoms with E-state index in [4.69, 9.17) is 4.74 Å². The highest BCUT2D eigenvalue weighted by molar-refractivity contribution is 9.10. The molecule has 0 amide bonds. The van der Waals surface area contributed by atoms with E-state index < -0.39 is 0 Å². The molecule has 0 atom stereocenters. The lowest BCUT2D eigenvalue weighted by atomic mass is 10.1. The third-order valence-corrected chi connectivity index (χ3v) is 4.18. The molecule has 5 heteroatoms. The third-order valence-electron chi connectivity index (χ3n) is 2.92. The molecule has 0 spiro atoms. The molecule has 2 aromatic rings. The van der Waals surface area contributed by atoms with Crippen molar-refractivity contribution < 1.29 is 14.6 Å². The van der Waals surface area contributed by atoms with Gasteiger partial charge >= 0.3 is 0 Å². The van der Waals surface area contributed by atoms with Crippen molar-refractivity contribution in [3.05, 3.63) is 62.2 Å². The van der Waals surface area contributed by atoms with Gasteiger partial charge < -0.3 is 9.84 Å². The molecule has 0 saturated heterocycles. The second-order valence-electron chi connectivity index (χ2n) is 4.27. The Bertz CT molecular complexity index is 751. The molecule has 3 rings (SSSR count). The smallest absolute Gasteiger partial charge is 0.232 e. The average Bonchev–Trinajstić information content (AvgIpc) is 2.73. The summed E-state index contributed by atoms with van der Waals surface area (Å²) in [5.74, 6) is 0.813. The van der Waals surface area contributed by atoms with Gasteiger partial charge in [0.25, 0.3) is 0 Å². The van der Waals surface area contributed by atoms with Crippen LogP contribution in [0.5, 0.6) is 11.5 Å². The zero-order valence-corrected chi connectivity index (χ0v) is 13.2. The van der Waals surface area contributed by atoms with Crippen LogP contribution in [0.1, 0.15) is 15.9 Å². The first-order valence-electron chi connectivity index (χ1n) is 5.77. The molecule has 100 valence electrons. The summed E-state index contributed by atoms with van der Waals surface area (Å²) in [4.78, 5) is 12.2. The van der Waals surface area contributed by atoms with Crippen LogP contribution in [0, 0.1) is 0 Å². The lowest BCUT2D eigenvalue weighted by Gasteiger charge is -2.01. The number of benzene rings is 2. The van der Waals surface area contributed by atoms with Crippen molar-refractivity contribution >= 4 is 43.7 Å². The number of ether oxygens (including phenoxy) is 1. The minimum atomic E-state index is -0.148. The highest BCUT2D eigenvalue weighted by atomic mass is 79.9. The topological polar surface area (TPSA) is 46.5 Å². The van der Waals surface area contributed by atoms with Crippen LogP contribution in [0.4, 0.5) is 0 Å². The van der Waals surface area contributed by atoms with E-state index in [1.54, 1.807) is 36.4 Å². The molecule has 0 saturated carbocycles. The molecule has 2 aromatic carbocycles. The fourth-order valence-corrected chi connectivity index (χ4v) is 2.78. The lowest BCUT2D eigenvalue weighted by molar-refractivity contribution is 0.101. The molecule has 0 bridgehead atoms. The van der Waals surface area contributed by atoms with Gasteiger partial charge in [0.15, 0.2) is 11.5 Å². The predicted molar refractivity (Wildman–Crippen MR) is 82.9 cm³/mol. The van der Waals surface area contributed by atoms with Crippen LogP contribution in [-0.2, 0) is 0 Å². The maximum atomic E-state index is 12.2. The normalized spacial score (nSPS) is 15.3. The number of aromatic hydroxyl groups is 1. The number of fused-ring (bicyclic) bond motifs is 1. The fraction of sp³-hybridized carbons (Fsp3) is 0. The summed E-state index contributed by atoms with van der Waals surface area (Å²) in [6.07, 6.45) is 1.65. The molecule has 1 aliphatic rings. The van der Waals surface area contributed by atoms with E-state index in [9.17, 15) is 9.90 Å². The molecule has 1 heterocycles. The van der Waals surface area contributed by atoms with Gasteiger partial charge in [-0.1, -0.05) is 12.1 Å². The van der Waals surface area contributed by atoms with E-state index in [-0.39, 0.29) is 17.3 Å². The number of hydrogen-bond donors (Lipinski definition) is 1. The van der Waals surface area contributed by atoms with Gasteiger partial charge in [-0.2, -0.15) is 0 Å². The monoisotopic (exact) mass is 394 g/mol. The minimum Gasteiger partial charge on any atom is -0.507 e. The van der Waals surface area contributed by atoms with E-state index in [0.717, 1.165) is 10.0 Å². The predicted octanol–water partition coefficient (Wildman–Crippen LogP) is 4.53. The summed E-state index contributed by atoms with van der Waals surface area (Å²) in [5, 5.41) is 9.46. The maximum Gasteiger partial charge on any atom is 0.232 e. The number of para-hydroxylation sites is 1. The SMILES string of the molecule is O=C1/C(=C/c2ccc(O)c(Br)c2)Oc2c(Br)cccc21. The maximum absolute atomic E-state index is 12.2. The number of rotatable bonds is 1. The van der Waals surface area contributed by atoms with E-state index in [1.165, 1.54) is 0 Å². The van der Waals surface area contributed by atoms with Crippen molar-refractivity contribution in [2.24, 2.45) is 0 Å². The van der Waals surface area contributed by atoms with E-state index in [0.29, 0.717) is 15.8 Å². The van der Waals surface area contributed by atoms with Crippen LogP contribution < -0.4 is 4.74 Å². The first kappa shape index (κ1) is 13.4. The Morgan fingerprint density at radius 3 is 2.60 bits per heavy atom. The highest BCUT2D eigenvalue weighted by Gasteiger charge is 2.28. The van der Waals surface area contributed by atoms with E-state index in [1.807, 2.05) is 6.07 Å². The Morgan fingerprint density at radius 1 is 1.10 bits per heavy atom. The number of phenols is 1. The van der Waals surface area contributed by atoms with E-state index in [2.05, 4.69) is 31.9 Å². The van der Waals surface area contributed by atoms with Crippen molar-refractivity contribution in [1.29, 1.82) is 0 Å². The molecule has 0 fully saturated rings. The van der Waals surface area contributed by atoms with Gasteiger partial charge in [-0.3, -0.25) is 4.79 Å². The van der Waals surface area contributed by atoms with Gasteiger partial charge in [0.05, 0.1) is 14.5 Å². The first-order valence-corrected chi connectivity index (χ1v) is 7.36. The van der Waals surface area contributed by atoms with Gasteiger partial charge in [0.1, 0.15) is 5.75 Å². The Labute approximate surface area is 132 Å². The zero-order valence-electron chi connectivity index (χ0n) is 10.1. The second kappa shape index (κ2) is 5.07. The number of phenolic OH excluding ortho intramolecular Hbond substituents is 1. The number of allylic oxidation sites excluding steroid dienone is 1. The summed E-state index contributed by atoms with van der Waals surface area (Å²) in [5.41, 5.74) is 1.31. The summed E-state index contributed by atoms with van der Waals surface area (Å²) in [6, 6.07) is 10.3. The number of halogens is 2. The third kappa shape index (κ3) is 2.27. The summed E-state index contributed by atoms with van der Waals surface area (Å²) in [7, 11) is 0. The Morgan fingerprint density at radius 2 is 1.90 bits per heavy atom. The van der Waals surface area contributed by atoms with Gasteiger partial charge in [0, 0.05) is 0 Å². The van der Waals surface area contributed by atoms with Crippen LogP contribution >= 0.6 is 31.9 Å². The number of Topliss-reactive ketones (excluding diaryl/α,β-unsaturated/α-hetero) is 1. The zero-order chi connectivity index (χ0) is 14.3. The average molecular weight is 396 g/mol. The van der Waals surface area contributed by atoms with Gasteiger partial charge in [-0.15, -0.1) is 0 Å². The first-order chi connectivity index (χ1) is 9.56. The number of hydrogen-bond acceptors (Lipinski definition) is 3. The van der Waals surface area contributed by atoms with Crippen molar-refractivity contribution in [1.82, 2.24) is 0 Å². The summed E-state index contributed by atoms with van der Waals surface area (Å²) >= 11 is 6.60. The molecule has 1 N–H and O–H groups in total. The number of ketones is 1. The standard InChI is InChI=1S/C15H8Br2O3/c16-10-3-1-2-9-14(19)13(20-15(9)10)7-8-4-5-12(18)11(17)6-8/h1-7,18H/b13-7-. The fourth-order valence-electron chi connectivity index (χ4n) is 1.94. The molecular weight excluding hydrogens is 388 g/mol. The largest absolute Gasteiger partial charge is 0.507 e. The quantitative estimate of drug-likeness (QED) is 0.721. The Balaban J connectivity index is 2.01. The molecule has 20 heavy (non-hydrogen) atoms. The van der Waals surface area contributed by atoms with Gasteiger partial charge in [-0.05, 0) is 67.8 Å². The van der Waals surface area contributed by atoms with Gasteiger partial charge in [-0.25, -0.2) is 0 Å². The number of carbonyl (C=O) groups is 1. The lowest BCUT2D eigenvalue weighted by Crippen LogP contribution is -1.97. The summed E-state index contributed by atoms with van der Waals surface area (Å²) < 4.78 is 6.93. The molecule has 3 nitrogen and oxygen atoms in total. The summed E-state index contributed by atoms with van der Waals surface area (Å²) in [6.45, 7) is 0. The molecule has 0 radical (unpaired) electrons. The van der Waals surface area contributed by atoms with Crippen molar-refractivity contribution in [2.75, 3.05) is 0 Å². The van der Waals surface area contributed by atoms with Crippen LogP contribution in [0.3, 0.4) is 0 Å². The second-order valence-corrected chi connectivity index (χ2v) is 5.98. The molecular formula is C15H8Br2O3. The van der Waals surface area contributed by atoms with Crippen LogP contribution in [0.15, 0.2) is 51.1 Å². The van der Waals surface area contributed by atoms with Gasteiger partial charge in [0.2, 0.25) is 5.78 Å². The minimum absolute atomic E-state index is 0.148. The Kier molecular flexibility index (Phi) is 3.40. The van der Waals surface area contributed by atoms with Crippen LogP contribution in [0.2, 0.25) is 0 Å². The molecule has 0 aromatic heterocycles. The highest BCUT2D eigenvalue weighted by Crippen LogP contribution is 2.38. The molecule has 0 unspecified atom stereocenters. The van der Waals surface area contributed by atoms with Crippen LogP contribution in [0.25, 0.3) is 6.08 Å². The van der Waals surface area contributed by atoms with Crippen molar-refractivity contribution in [2.45, 2.75) is 0 Å². The van der Waals surface area contributed by atoms with E-state index >= 15 is 0 Å². The van der Waals surface area contributed by atoms with Crippen LogP contribution in [-0.4, -0.2) is 10.9 Å². The molecule has 1 aliphatic heterocycles. The Hall–Kier alpha value is -1.59. The number of carbonyl (C=O) groups excluding carboxylic acids is 1. The van der Waals surface area contributed by atoms with Crippen molar-refractivity contribution in [3.63, 3.8) is 0 Å². The molecule has 0 aliphatic carbocycles.